The second-order valence-electron chi connectivity index (χ2n) is 6.61. The summed E-state index contributed by atoms with van der Waals surface area (Å²) in [4.78, 5) is 12.4. The van der Waals surface area contributed by atoms with Crippen molar-refractivity contribution in [3.63, 3.8) is 0 Å². The highest BCUT2D eigenvalue weighted by Gasteiger charge is 2.22. The van der Waals surface area contributed by atoms with Gasteiger partial charge >= 0.3 is 6.03 Å². The van der Waals surface area contributed by atoms with Gasteiger partial charge in [-0.3, -0.25) is 0 Å². The molecule has 2 rings (SSSR count). The highest BCUT2D eigenvalue weighted by atomic mass is 32.2. The number of carbonyl (C=O) groups is 1. The van der Waals surface area contributed by atoms with Gasteiger partial charge in [0.1, 0.15) is 5.75 Å². The number of hydrogen-bond donors (Lipinski definition) is 2. The van der Waals surface area contributed by atoms with Gasteiger partial charge in [-0.25, -0.2) is 9.52 Å². The van der Waals surface area contributed by atoms with Crippen LogP contribution in [-0.4, -0.2) is 31.8 Å². The minimum atomic E-state index is -4.19. The van der Waals surface area contributed by atoms with E-state index in [1.54, 1.807) is 0 Å². The number of rotatable bonds is 6. The van der Waals surface area contributed by atoms with E-state index in [2.05, 4.69) is 15.5 Å². The molecule has 0 aliphatic heterocycles. The van der Waals surface area contributed by atoms with Gasteiger partial charge in [0.2, 0.25) is 5.03 Å². The molecule has 8 nitrogen and oxygen atoms in total. The highest BCUT2D eigenvalue weighted by Crippen LogP contribution is 2.32. The molecule has 2 N–H and O–H groups in total. The summed E-state index contributed by atoms with van der Waals surface area (Å²) < 4.78 is 31.7. The van der Waals surface area contributed by atoms with Gasteiger partial charge in [0.25, 0.3) is 10.0 Å². The Morgan fingerprint density at radius 3 is 2.22 bits per heavy atom. The van der Waals surface area contributed by atoms with Crippen molar-refractivity contribution in [2.75, 3.05) is 12.4 Å². The first-order valence-corrected chi connectivity index (χ1v) is 9.97. The Bertz CT molecular complexity index is 900. The molecule has 2 aromatic rings. The molecule has 2 amide bonds. The number of ether oxygens (including phenoxy) is 1. The zero-order chi connectivity index (χ0) is 20.2. The number of carbonyl (C=O) groups excluding carboxylic acids is 1. The van der Waals surface area contributed by atoms with Crippen molar-refractivity contribution in [3.05, 3.63) is 41.6 Å². The molecule has 1 aromatic heterocycles. The predicted octanol–water partition coefficient (Wildman–Crippen LogP) is 3.24. The van der Waals surface area contributed by atoms with Gasteiger partial charge in [-0.05, 0) is 23.0 Å². The minimum absolute atomic E-state index is 0.153. The lowest BCUT2D eigenvalue weighted by Crippen LogP contribution is -2.35. The summed E-state index contributed by atoms with van der Waals surface area (Å²) in [6.45, 7) is 8.02. The van der Waals surface area contributed by atoms with E-state index in [0.717, 1.165) is 11.1 Å². The second-order valence-corrected chi connectivity index (χ2v) is 8.24. The van der Waals surface area contributed by atoms with Gasteiger partial charge in [0, 0.05) is 11.8 Å². The molecule has 1 aromatic carbocycles. The normalized spacial score (nSPS) is 11.5. The first-order valence-electron chi connectivity index (χ1n) is 8.49. The van der Waals surface area contributed by atoms with Crippen molar-refractivity contribution >= 4 is 21.7 Å². The highest BCUT2D eigenvalue weighted by molar-refractivity contribution is 7.90. The topological polar surface area (TPSA) is 110 Å². The lowest BCUT2D eigenvalue weighted by Gasteiger charge is -2.20. The average molecular weight is 392 g/mol. The van der Waals surface area contributed by atoms with E-state index in [4.69, 9.17) is 4.74 Å². The fraction of sp³-hybridized carbons (Fsp3) is 0.389. The van der Waals surface area contributed by atoms with Crippen LogP contribution >= 0.6 is 0 Å². The van der Waals surface area contributed by atoms with E-state index in [9.17, 15) is 13.2 Å². The lowest BCUT2D eigenvalue weighted by atomic mass is 9.93. The van der Waals surface area contributed by atoms with Crippen molar-refractivity contribution in [3.8, 4) is 5.75 Å². The smallest absolute Gasteiger partial charge is 0.333 e. The molecule has 27 heavy (non-hydrogen) atoms. The molecule has 0 unspecified atom stereocenters. The monoisotopic (exact) mass is 392 g/mol. The number of sulfonamides is 1. The Morgan fingerprint density at radius 1 is 1.11 bits per heavy atom. The number of benzene rings is 1. The number of anilines is 1. The van der Waals surface area contributed by atoms with E-state index < -0.39 is 21.1 Å². The van der Waals surface area contributed by atoms with Crippen LogP contribution in [-0.2, 0) is 10.0 Å². The zero-order valence-electron chi connectivity index (χ0n) is 16.0. The van der Waals surface area contributed by atoms with Crippen LogP contribution in [0.25, 0.3) is 0 Å². The molecule has 0 spiro atoms. The molecule has 0 saturated carbocycles. The van der Waals surface area contributed by atoms with E-state index >= 15 is 0 Å². The third kappa shape index (κ3) is 4.94. The van der Waals surface area contributed by atoms with Gasteiger partial charge in [-0.15, -0.1) is 5.10 Å². The third-order valence-corrected chi connectivity index (χ3v) is 5.16. The number of nitrogens with zero attached hydrogens (tertiary/aromatic N) is 2. The number of urea groups is 1. The van der Waals surface area contributed by atoms with E-state index in [1.165, 1.54) is 19.4 Å². The van der Waals surface area contributed by atoms with Crippen molar-refractivity contribution < 1.29 is 17.9 Å². The number of methoxy groups -OCH3 is 1. The Kier molecular flexibility index (Phi) is 6.37. The van der Waals surface area contributed by atoms with Crippen molar-refractivity contribution in [1.82, 2.24) is 14.9 Å². The van der Waals surface area contributed by atoms with Crippen LogP contribution in [0.3, 0.4) is 0 Å². The first kappa shape index (κ1) is 20.6. The molecule has 0 radical (unpaired) electrons. The fourth-order valence-corrected chi connectivity index (χ4v) is 3.41. The Hall–Kier alpha value is -2.68. The van der Waals surface area contributed by atoms with E-state index in [-0.39, 0.29) is 17.6 Å². The number of aromatic nitrogens is 2. The summed E-state index contributed by atoms with van der Waals surface area (Å²) >= 11 is 0. The lowest BCUT2D eigenvalue weighted by molar-refractivity contribution is 0.256. The maximum Gasteiger partial charge on any atom is 0.333 e. The molecule has 146 valence electrons. The largest absolute Gasteiger partial charge is 0.495 e. The van der Waals surface area contributed by atoms with Crippen LogP contribution in [0.4, 0.5) is 10.5 Å². The van der Waals surface area contributed by atoms with Crippen molar-refractivity contribution in [2.24, 2.45) is 0 Å². The molecular formula is C18H24N4O4S. The van der Waals surface area contributed by atoms with Gasteiger partial charge in [-0.1, -0.05) is 45.9 Å². The molecule has 0 fully saturated rings. The van der Waals surface area contributed by atoms with Gasteiger partial charge in [0.05, 0.1) is 13.3 Å². The average Bonchev–Trinajstić information content (AvgIpc) is 2.61. The summed E-state index contributed by atoms with van der Waals surface area (Å²) in [5.74, 6) is 0.526. The minimum Gasteiger partial charge on any atom is -0.495 e. The van der Waals surface area contributed by atoms with Crippen molar-refractivity contribution in [1.29, 1.82) is 0 Å². The van der Waals surface area contributed by atoms with Crippen molar-refractivity contribution in [2.45, 2.75) is 44.6 Å². The fourth-order valence-electron chi connectivity index (χ4n) is 2.58. The Balaban J connectivity index is 2.30. The molecule has 9 heteroatoms. The molecule has 0 aliphatic carbocycles. The summed E-state index contributed by atoms with van der Waals surface area (Å²) in [6, 6.07) is 6.07. The molecule has 0 atom stereocenters. The molecule has 0 aliphatic rings. The quantitative estimate of drug-likeness (QED) is 0.781. The second kappa shape index (κ2) is 8.34. The summed E-state index contributed by atoms with van der Waals surface area (Å²) in [7, 11) is -2.82. The van der Waals surface area contributed by atoms with Crippen LogP contribution < -0.4 is 14.8 Å². The SMILES string of the molecule is COc1cnnc(S(=O)(=O)NC(=O)Nc2c(C(C)C)cccc2C(C)C)c1. The zero-order valence-corrected chi connectivity index (χ0v) is 16.8. The number of amides is 2. The Labute approximate surface area is 159 Å². The van der Waals surface area contributed by atoms with Gasteiger partial charge in [0.15, 0.2) is 0 Å². The molecular weight excluding hydrogens is 368 g/mol. The van der Waals surface area contributed by atoms with E-state index in [1.807, 2.05) is 50.6 Å². The number of nitrogens with one attached hydrogen (secondary N) is 2. The van der Waals surface area contributed by atoms with E-state index in [0.29, 0.717) is 5.69 Å². The number of hydrogen-bond acceptors (Lipinski definition) is 6. The van der Waals surface area contributed by atoms with Gasteiger partial charge < -0.3 is 10.1 Å². The molecule has 0 saturated heterocycles. The molecule has 1 heterocycles. The van der Waals surface area contributed by atoms with Crippen LogP contribution in [0.2, 0.25) is 0 Å². The van der Waals surface area contributed by atoms with Crippen LogP contribution in [0.15, 0.2) is 35.5 Å². The maximum absolute atomic E-state index is 12.4. The molecule has 0 bridgehead atoms. The van der Waals surface area contributed by atoms with Gasteiger partial charge in [-0.2, -0.15) is 13.5 Å². The summed E-state index contributed by atoms with van der Waals surface area (Å²) in [6.07, 6.45) is 1.27. The van der Waals surface area contributed by atoms with Crippen LogP contribution in [0.1, 0.15) is 50.7 Å². The Morgan fingerprint density at radius 2 is 1.70 bits per heavy atom. The van der Waals surface area contributed by atoms with Crippen LogP contribution in [0.5, 0.6) is 5.75 Å². The number of para-hydroxylation sites is 1. The first-order chi connectivity index (χ1) is 12.7. The maximum atomic E-state index is 12.4. The standard InChI is InChI=1S/C18H24N4O4S/c1-11(2)14-7-6-8-15(12(3)4)17(14)20-18(23)22-27(24,25)16-9-13(26-5)10-19-21-16/h6-12H,1-5H3,(H2,20,22,23). The predicted molar refractivity (Wildman–Crippen MR) is 103 cm³/mol. The summed E-state index contributed by atoms with van der Waals surface area (Å²) in [5.41, 5.74) is 2.47. The van der Waals surface area contributed by atoms with Crippen LogP contribution in [0, 0.1) is 0 Å². The third-order valence-electron chi connectivity index (χ3n) is 3.96. The summed E-state index contributed by atoms with van der Waals surface area (Å²) in [5, 5.41) is 9.40.